The van der Waals surface area contributed by atoms with Crippen LogP contribution in [0.15, 0.2) is 66.9 Å². The number of aromatic nitrogens is 1. The van der Waals surface area contributed by atoms with Crippen LogP contribution in [0.1, 0.15) is 17.7 Å². The molecule has 3 aromatic rings. The SMILES string of the molecule is COc1ccc2c(c1)NC1(CCN(C(=O)OCc3ccccc3)C1)c1cccn1-2. The summed E-state index contributed by atoms with van der Waals surface area (Å²) in [6.07, 6.45) is 2.61. The number of hydrogen-bond donors (Lipinski definition) is 1. The maximum atomic E-state index is 12.7. The monoisotopic (exact) mass is 389 g/mol. The lowest BCUT2D eigenvalue weighted by molar-refractivity contribution is 0.102. The summed E-state index contributed by atoms with van der Waals surface area (Å²) in [6.45, 7) is 1.49. The zero-order valence-corrected chi connectivity index (χ0v) is 16.3. The van der Waals surface area contributed by atoms with E-state index in [4.69, 9.17) is 9.47 Å². The van der Waals surface area contributed by atoms with Gasteiger partial charge in [0.25, 0.3) is 0 Å². The largest absolute Gasteiger partial charge is 0.497 e. The number of carbonyl (C=O) groups excluding carboxylic acids is 1. The zero-order valence-electron chi connectivity index (χ0n) is 16.3. The van der Waals surface area contributed by atoms with Crippen LogP contribution in [0, 0.1) is 0 Å². The third-order valence-corrected chi connectivity index (χ3v) is 5.81. The van der Waals surface area contributed by atoms with E-state index in [-0.39, 0.29) is 18.2 Å². The number of benzene rings is 2. The second-order valence-corrected chi connectivity index (χ2v) is 7.57. The molecule has 2 aliphatic heterocycles. The molecule has 1 aromatic heterocycles. The van der Waals surface area contributed by atoms with Crippen molar-refractivity contribution in [2.45, 2.75) is 18.6 Å². The lowest BCUT2D eigenvalue weighted by Gasteiger charge is -2.38. The van der Waals surface area contributed by atoms with E-state index >= 15 is 0 Å². The topological polar surface area (TPSA) is 55.7 Å². The van der Waals surface area contributed by atoms with Crippen LogP contribution in [0.2, 0.25) is 0 Å². The lowest BCUT2D eigenvalue weighted by atomic mass is 9.91. The van der Waals surface area contributed by atoms with Gasteiger partial charge in [0.15, 0.2) is 0 Å². The Bertz CT molecular complexity index is 1050. The maximum Gasteiger partial charge on any atom is 0.410 e. The number of nitrogens with zero attached hydrogens (tertiary/aromatic N) is 2. The van der Waals surface area contributed by atoms with Crippen molar-refractivity contribution in [2.24, 2.45) is 0 Å². The van der Waals surface area contributed by atoms with Gasteiger partial charge in [0.2, 0.25) is 0 Å². The summed E-state index contributed by atoms with van der Waals surface area (Å²) in [5.74, 6) is 0.805. The smallest absolute Gasteiger partial charge is 0.410 e. The number of nitrogens with one attached hydrogen (secondary N) is 1. The highest BCUT2D eigenvalue weighted by molar-refractivity contribution is 5.72. The summed E-state index contributed by atoms with van der Waals surface area (Å²) in [7, 11) is 1.67. The summed E-state index contributed by atoms with van der Waals surface area (Å²) in [5, 5.41) is 3.70. The van der Waals surface area contributed by atoms with E-state index in [9.17, 15) is 4.79 Å². The predicted molar refractivity (Wildman–Crippen MR) is 110 cm³/mol. The fourth-order valence-corrected chi connectivity index (χ4v) is 4.34. The number of carbonyl (C=O) groups is 1. The Morgan fingerprint density at radius 3 is 2.83 bits per heavy atom. The van der Waals surface area contributed by atoms with Crippen molar-refractivity contribution in [2.75, 3.05) is 25.5 Å². The lowest BCUT2D eigenvalue weighted by Crippen LogP contribution is -2.44. The minimum absolute atomic E-state index is 0.276. The van der Waals surface area contributed by atoms with Crippen LogP contribution in [-0.4, -0.2) is 35.8 Å². The van der Waals surface area contributed by atoms with Crippen LogP contribution in [0.4, 0.5) is 10.5 Å². The van der Waals surface area contributed by atoms with Gasteiger partial charge in [-0.2, -0.15) is 0 Å². The molecule has 0 aliphatic carbocycles. The first-order valence-corrected chi connectivity index (χ1v) is 9.79. The van der Waals surface area contributed by atoms with E-state index in [0.29, 0.717) is 13.1 Å². The number of methoxy groups -OCH3 is 1. The van der Waals surface area contributed by atoms with E-state index in [2.05, 4.69) is 34.3 Å². The minimum Gasteiger partial charge on any atom is -0.497 e. The number of amides is 1. The van der Waals surface area contributed by atoms with E-state index < -0.39 is 0 Å². The van der Waals surface area contributed by atoms with Gasteiger partial charge in [0, 0.05) is 18.8 Å². The molecular weight excluding hydrogens is 366 g/mol. The molecule has 1 atom stereocenters. The van der Waals surface area contributed by atoms with Gasteiger partial charge >= 0.3 is 6.09 Å². The Hall–Kier alpha value is -3.41. The predicted octanol–water partition coefficient (Wildman–Crippen LogP) is 4.15. The second kappa shape index (κ2) is 6.88. The van der Waals surface area contributed by atoms with Crippen molar-refractivity contribution in [3.05, 3.63) is 78.1 Å². The molecule has 2 aliphatic rings. The molecule has 2 aromatic carbocycles. The van der Waals surface area contributed by atoms with Gasteiger partial charge < -0.3 is 24.3 Å². The Morgan fingerprint density at radius 1 is 1.14 bits per heavy atom. The molecule has 1 N–H and O–H groups in total. The van der Waals surface area contributed by atoms with E-state index in [1.165, 1.54) is 0 Å². The average molecular weight is 389 g/mol. The van der Waals surface area contributed by atoms with Crippen molar-refractivity contribution in [1.29, 1.82) is 0 Å². The summed E-state index contributed by atoms with van der Waals surface area (Å²) >= 11 is 0. The van der Waals surface area contributed by atoms with Gasteiger partial charge in [-0.05, 0) is 36.2 Å². The maximum absolute atomic E-state index is 12.7. The molecule has 148 valence electrons. The number of ether oxygens (including phenoxy) is 2. The molecule has 0 saturated carbocycles. The summed E-state index contributed by atoms with van der Waals surface area (Å²) < 4.78 is 13.2. The molecule has 0 bridgehead atoms. The fraction of sp³-hybridized carbons (Fsp3) is 0.261. The fourth-order valence-electron chi connectivity index (χ4n) is 4.34. The number of likely N-dealkylation sites (tertiary alicyclic amines) is 1. The molecule has 29 heavy (non-hydrogen) atoms. The minimum atomic E-state index is -0.339. The average Bonchev–Trinajstić information content (AvgIpc) is 3.41. The normalized spacial score (nSPS) is 19.4. The molecule has 1 spiro atoms. The highest BCUT2D eigenvalue weighted by Gasteiger charge is 2.46. The number of rotatable bonds is 3. The second-order valence-electron chi connectivity index (χ2n) is 7.57. The molecule has 1 fully saturated rings. The standard InChI is InChI=1S/C23H23N3O3/c1-28-18-9-10-20-19(14-18)24-23(21-8-5-12-26(20)21)11-13-25(16-23)22(27)29-15-17-6-3-2-4-7-17/h2-10,12,14,24H,11,13,15-16H2,1H3. The zero-order chi connectivity index (χ0) is 19.8. The van der Waals surface area contributed by atoms with Gasteiger partial charge in [-0.3, -0.25) is 0 Å². The van der Waals surface area contributed by atoms with Gasteiger partial charge in [0.1, 0.15) is 12.4 Å². The summed E-state index contributed by atoms with van der Waals surface area (Å²) in [6, 6.07) is 20.0. The third kappa shape index (κ3) is 3.01. The molecule has 6 nitrogen and oxygen atoms in total. The third-order valence-electron chi connectivity index (χ3n) is 5.81. The highest BCUT2D eigenvalue weighted by atomic mass is 16.6. The molecule has 0 radical (unpaired) electrons. The Balaban J connectivity index is 1.37. The Labute approximate surface area is 169 Å². The van der Waals surface area contributed by atoms with Crippen molar-refractivity contribution in [3.63, 3.8) is 0 Å². The first kappa shape index (κ1) is 17.7. The van der Waals surface area contributed by atoms with Crippen LogP contribution in [0.3, 0.4) is 0 Å². The number of fused-ring (bicyclic) bond motifs is 4. The summed E-state index contributed by atoms with van der Waals surface area (Å²) in [5.41, 5.74) is 3.90. The number of hydrogen-bond acceptors (Lipinski definition) is 4. The van der Waals surface area contributed by atoms with Crippen LogP contribution < -0.4 is 10.1 Å². The first-order valence-electron chi connectivity index (χ1n) is 9.79. The van der Waals surface area contributed by atoms with Crippen molar-refractivity contribution >= 4 is 11.8 Å². The van der Waals surface area contributed by atoms with E-state index in [1.807, 2.05) is 42.5 Å². The molecule has 6 heteroatoms. The molecule has 3 heterocycles. The molecule has 5 rings (SSSR count). The molecule has 1 unspecified atom stereocenters. The van der Waals surface area contributed by atoms with Gasteiger partial charge in [0.05, 0.1) is 36.3 Å². The van der Waals surface area contributed by atoms with Gasteiger partial charge in [-0.25, -0.2) is 4.79 Å². The Morgan fingerprint density at radius 2 is 2.00 bits per heavy atom. The van der Waals surface area contributed by atoms with Gasteiger partial charge in [-0.15, -0.1) is 0 Å². The van der Waals surface area contributed by atoms with Crippen LogP contribution in [0.25, 0.3) is 5.69 Å². The molecule has 1 amide bonds. The van der Waals surface area contributed by atoms with Crippen molar-refractivity contribution < 1.29 is 14.3 Å². The van der Waals surface area contributed by atoms with E-state index in [1.54, 1.807) is 12.0 Å². The quantitative estimate of drug-likeness (QED) is 0.731. The Kier molecular flexibility index (Phi) is 4.19. The molecule has 1 saturated heterocycles. The van der Waals surface area contributed by atoms with Crippen LogP contribution >= 0.6 is 0 Å². The van der Waals surface area contributed by atoms with Crippen LogP contribution in [0.5, 0.6) is 5.75 Å². The first-order chi connectivity index (χ1) is 14.2. The summed E-state index contributed by atoms with van der Waals surface area (Å²) in [4.78, 5) is 14.5. The van der Waals surface area contributed by atoms with Crippen LogP contribution in [-0.2, 0) is 16.9 Å². The highest BCUT2D eigenvalue weighted by Crippen LogP contribution is 2.43. The van der Waals surface area contributed by atoms with Crippen molar-refractivity contribution in [3.8, 4) is 11.4 Å². The van der Waals surface area contributed by atoms with Gasteiger partial charge in [-0.1, -0.05) is 30.3 Å². The van der Waals surface area contributed by atoms with Crippen molar-refractivity contribution in [1.82, 2.24) is 9.47 Å². The molecular formula is C23H23N3O3. The number of anilines is 1. The van der Waals surface area contributed by atoms with E-state index in [0.717, 1.165) is 34.8 Å².